The van der Waals surface area contributed by atoms with Gasteiger partial charge in [-0.15, -0.1) is 0 Å². The van der Waals surface area contributed by atoms with Crippen LogP contribution in [0, 0.1) is 0 Å². The fourth-order valence-corrected chi connectivity index (χ4v) is 0.601. The van der Waals surface area contributed by atoms with Crippen LogP contribution in [0.4, 0.5) is 0 Å². The van der Waals surface area contributed by atoms with Crippen molar-refractivity contribution in [2.24, 2.45) is 5.11 Å². The Morgan fingerprint density at radius 2 is 2.08 bits per heavy atom. The maximum atomic E-state index is 10.4. The monoisotopic (exact) mass is 189 g/mol. The van der Waals surface area contributed by atoms with E-state index >= 15 is 0 Å². The summed E-state index contributed by atoms with van der Waals surface area (Å²) < 4.78 is 0. The molecular formula is C7H15N3OS. The highest BCUT2D eigenvalue weighted by Crippen LogP contribution is 1.95. The molecule has 0 amide bonds. The zero-order chi connectivity index (χ0) is 9.82. The number of carbonyl (C=O) groups excluding carboxylic acids is 1. The maximum absolute atomic E-state index is 10.4. The van der Waals surface area contributed by atoms with Crippen LogP contribution in [-0.2, 0) is 4.79 Å². The van der Waals surface area contributed by atoms with E-state index in [0.29, 0.717) is 13.0 Å². The highest BCUT2D eigenvalue weighted by molar-refractivity contribution is 7.79. The number of hydrogen-bond acceptors (Lipinski definition) is 3. The van der Waals surface area contributed by atoms with E-state index in [1.54, 1.807) is 13.2 Å². The minimum Gasteiger partial charge on any atom is -0.300 e. The first-order chi connectivity index (χ1) is 5.77. The predicted octanol–water partition coefficient (Wildman–Crippen LogP) is 2.60. The van der Waals surface area contributed by atoms with Crippen LogP contribution in [0.2, 0.25) is 0 Å². The van der Waals surface area contributed by atoms with Crippen LogP contribution in [-0.4, -0.2) is 18.6 Å². The second-order valence-corrected chi connectivity index (χ2v) is 2.11. The molecule has 0 radical (unpaired) electrons. The summed E-state index contributed by atoms with van der Waals surface area (Å²) in [6, 6.07) is 0. The van der Waals surface area contributed by atoms with Crippen molar-refractivity contribution in [3.63, 3.8) is 0 Å². The first-order valence-corrected chi connectivity index (χ1v) is 4.62. The molecule has 0 N–H and O–H groups in total. The van der Waals surface area contributed by atoms with Crippen molar-refractivity contribution in [2.45, 2.75) is 26.2 Å². The molecule has 0 aliphatic carbocycles. The van der Waals surface area contributed by atoms with Gasteiger partial charge in [-0.3, -0.25) is 0 Å². The quantitative estimate of drug-likeness (QED) is 0.233. The first kappa shape index (κ1) is 13.9. The zero-order valence-corrected chi connectivity index (χ0v) is 8.42. The molecule has 0 aromatic carbocycles. The minimum absolute atomic E-state index is 0.195. The molecule has 0 aromatic rings. The Balaban J connectivity index is 0. The number of ketones is 1. The molecule has 0 aromatic heterocycles. The van der Waals surface area contributed by atoms with Gasteiger partial charge in [-0.1, -0.05) is 5.11 Å². The van der Waals surface area contributed by atoms with Crippen molar-refractivity contribution in [2.75, 3.05) is 12.8 Å². The lowest BCUT2D eigenvalue weighted by Gasteiger charge is -1.91. The SMILES string of the molecule is CC(=O)CCCCN=[N+]=[N-].CS. The Hall–Kier alpha value is -0.670. The largest absolute Gasteiger partial charge is 0.300 e. The molecule has 0 saturated heterocycles. The lowest BCUT2D eigenvalue weighted by molar-refractivity contribution is -0.117. The van der Waals surface area contributed by atoms with Crippen LogP contribution >= 0.6 is 12.6 Å². The third-order valence-electron chi connectivity index (χ3n) is 1.10. The van der Waals surface area contributed by atoms with Crippen molar-refractivity contribution >= 4 is 18.4 Å². The zero-order valence-electron chi connectivity index (χ0n) is 7.53. The highest BCUT2D eigenvalue weighted by atomic mass is 32.1. The smallest absolute Gasteiger partial charge is 0.129 e. The van der Waals surface area contributed by atoms with Crippen LogP contribution in [0.3, 0.4) is 0 Å². The lowest BCUT2D eigenvalue weighted by Crippen LogP contribution is -1.89. The summed E-state index contributed by atoms with van der Waals surface area (Å²) in [6.07, 6.45) is 3.93. The number of hydrogen-bond donors (Lipinski definition) is 1. The number of nitrogens with zero attached hydrogens (tertiary/aromatic N) is 3. The standard InChI is InChI=1S/C6H11N3O.CH4S/c1-6(10)4-2-3-5-8-9-7;1-2/h2-5H2,1H3;2H,1H3. The number of rotatable bonds is 5. The molecule has 0 heterocycles. The topological polar surface area (TPSA) is 65.8 Å². The predicted molar refractivity (Wildman–Crippen MR) is 53.5 cm³/mol. The van der Waals surface area contributed by atoms with Gasteiger partial charge in [0.1, 0.15) is 5.78 Å². The van der Waals surface area contributed by atoms with Gasteiger partial charge in [0.05, 0.1) is 0 Å². The van der Waals surface area contributed by atoms with Gasteiger partial charge in [0.25, 0.3) is 0 Å². The van der Waals surface area contributed by atoms with E-state index in [2.05, 4.69) is 22.7 Å². The Kier molecular flexibility index (Phi) is 15.0. The van der Waals surface area contributed by atoms with E-state index < -0.39 is 0 Å². The van der Waals surface area contributed by atoms with Gasteiger partial charge >= 0.3 is 0 Å². The molecule has 0 rings (SSSR count). The van der Waals surface area contributed by atoms with Crippen molar-refractivity contribution in [3.8, 4) is 0 Å². The van der Waals surface area contributed by atoms with Gasteiger partial charge in [0.2, 0.25) is 0 Å². The van der Waals surface area contributed by atoms with Gasteiger partial charge in [0, 0.05) is 17.9 Å². The number of carbonyl (C=O) groups is 1. The summed E-state index contributed by atoms with van der Waals surface area (Å²) in [5.41, 5.74) is 7.87. The lowest BCUT2D eigenvalue weighted by atomic mass is 10.2. The average molecular weight is 189 g/mol. The molecule has 0 bridgehead atoms. The van der Waals surface area contributed by atoms with Crippen molar-refractivity contribution in [1.82, 2.24) is 0 Å². The van der Waals surface area contributed by atoms with E-state index in [1.165, 1.54) is 0 Å². The molecule has 4 nitrogen and oxygen atoms in total. The van der Waals surface area contributed by atoms with Gasteiger partial charge in [-0.05, 0) is 31.6 Å². The molecule has 5 heteroatoms. The molecule has 0 unspecified atom stereocenters. The number of thiol groups is 1. The Bertz CT molecular complexity index is 151. The van der Waals surface area contributed by atoms with Crippen molar-refractivity contribution in [3.05, 3.63) is 10.4 Å². The fraction of sp³-hybridized carbons (Fsp3) is 0.857. The summed E-state index contributed by atoms with van der Waals surface area (Å²) in [5.74, 6) is 0.195. The summed E-state index contributed by atoms with van der Waals surface area (Å²) >= 11 is 3.53. The molecule has 70 valence electrons. The van der Waals surface area contributed by atoms with E-state index in [-0.39, 0.29) is 5.78 Å². The highest BCUT2D eigenvalue weighted by Gasteiger charge is 1.91. The van der Waals surface area contributed by atoms with Gasteiger partial charge < -0.3 is 4.79 Å². The van der Waals surface area contributed by atoms with Gasteiger partial charge in [-0.25, -0.2) is 0 Å². The Labute approximate surface area is 78.4 Å². The normalized spacial score (nSPS) is 7.58. The minimum atomic E-state index is 0.195. The van der Waals surface area contributed by atoms with Crippen LogP contribution in [0.15, 0.2) is 5.11 Å². The molecule has 0 atom stereocenters. The van der Waals surface area contributed by atoms with E-state index in [9.17, 15) is 4.79 Å². The second-order valence-electron chi connectivity index (χ2n) is 2.11. The van der Waals surface area contributed by atoms with Crippen LogP contribution in [0.25, 0.3) is 10.4 Å². The van der Waals surface area contributed by atoms with Crippen LogP contribution in [0.1, 0.15) is 26.2 Å². The molecule has 0 fully saturated rings. The average Bonchev–Trinajstić information content (AvgIpc) is 2.07. The third kappa shape index (κ3) is 16.2. The molecule has 0 spiro atoms. The molecule has 12 heavy (non-hydrogen) atoms. The van der Waals surface area contributed by atoms with Gasteiger partial charge in [-0.2, -0.15) is 12.6 Å². The Morgan fingerprint density at radius 1 is 1.50 bits per heavy atom. The van der Waals surface area contributed by atoms with Crippen LogP contribution < -0.4 is 0 Å². The van der Waals surface area contributed by atoms with Crippen molar-refractivity contribution in [1.29, 1.82) is 0 Å². The maximum Gasteiger partial charge on any atom is 0.129 e. The van der Waals surface area contributed by atoms with E-state index in [4.69, 9.17) is 5.53 Å². The van der Waals surface area contributed by atoms with Gasteiger partial charge in [0.15, 0.2) is 0 Å². The molecule has 0 saturated carbocycles. The summed E-state index contributed by atoms with van der Waals surface area (Å²) in [7, 11) is 0. The van der Waals surface area contributed by atoms with Crippen molar-refractivity contribution < 1.29 is 4.79 Å². The number of unbranched alkanes of at least 4 members (excludes halogenated alkanes) is 1. The summed E-state index contributed by atoms with van der Waals surface area (Å²) in [6.45, 7) is 2.07. The fourth-order valence-electron chi connectivity index (χ4n) is 0.601. The molecular weight excluding hydrogens is 174 g/mol. The summed E-state index contributed by atoms with van der Waals surface area (Å²) in [4.78, 5) is 13.0. The molecule has 0 aliphatic heterocycles. The number of Topliss-reactive ketones (excluding diaryl/α,β-unsaturated/α-hetero) is 1. The summed E-state index contributed by atoms with van der Waals surface area (Å²) in [5, 5.41) is 3.34. The van der Waals surface area contributed by atoms with E-state index in [1.807, 2.05) is 0 Å². The van der Waals surface area contributed by atoms with E-state index in [0.717, 1.165) is 12.8 Å². The third-order valence-corrected chi connectivity index (χ3v) is 1.10. The second kappa shape index (κ2) is 13.0. The Morgan fingerprint density at radius 3 is 2.50 bits per heavy atom. The molecule has 0 aliphatic rings. The first-order valence-electron chi connectivity index (χ1n) is 3.72. The van der Waals surface area contributed by atoms with Crippen LogP contribution in [0.5, 0.6) is 0 Å². The number of azide groups is 1.